The molecule has 1 heterocycles. The van der Waals surface area contributed by atoms with Crippen LogP contribution in [0.5, 0.6) is 0 Å². The summed E-state index contributed by atoms with van der Waals surface area (Å²) < 4.78 is 0. The predicted octanol–water partition coefficient (Wildman–Crippen LogP) is 2.78. The second-order valence-electron chi connectivity index (χ2n) is 4.13. The molecule has 2 nitrogen and oxygen atoms in total. The average molecular weight is 226 g/mol. The van der Waals surface area contributed by atoms with Gasteiger partial charge in [0.05, 0.1) is 0 Å². The van der Waals surface area contributed by atoms with E-state index in [1.165, 1.54) is 16.7 Å². The zero-order valence-electron chi connectivity index (χ0n) is 10.2. The van der Waals surface area contributed by atoms with Gasteiger partial charge < -0.3 is 5.32 Å². The molecule has 0 saturated heterocycles. The monoisotopic (exact) mass is 226 g/mol. The van der Waals surface area contributed by atoms with Crippen molar-refractivity contribution in [3.8, 4) is 0 Å². The quantitative estimate of drug-likeness (QED) is 0.848. The Bertz CT molecular complexity index is 451. The molecule has 1 N–H and O–H groups in total. The van der Waals surface area contributed by atoms with Crippen molar-refractivity contribution in [1.29, 1.82) is 0 Å². The molecule has 17 heavy (non-hydrogen) atoms. The van der Waals surface area contributed by atoms with E-state index < -0.39 is 0 Å². The highest BCUT2D eigenvalue weighted by atomic mass is 14.8. The Morgan fingerprint density at radius 1 is 1.00 bits per heavy atom. The number of hydrogen-bond acceptors (Lipinski definition) is 2. The molecule has 0 aliphatic rings. The Morgan fingerprint density at radius 2 is 1.76 bits per heavy atom. The summed E-state index contributed by atoms with van der Waals surface area (Å²) in [6.45, 7) is 4.08. The molecule has 2 aromatic rings. The van der Waals surface area contributed by atoms with Crippen molar-refractivity contribution in [3.63, 3.8) is 0 Å². The number of nitrogens with one attached hydrogen (secondary N) is 1. The lowest BCUT2D eigenvalue weighted by molar-refractivity contribution is 0.726. The van der Waals surface area contributed by atoms with E-state index in [9.17, 15) is 0 Å². The van der Waals surface area contributed by atoms with Crippen LogP contribution in [0.4, 0.5) is 0 Å². The maximum Gasteiger partial charge on any atom is 0.0270 e. The molecule has 0 bridgehead atoms. The van der Waals surface area contributed by atoms with Gasteiger partial charge in [-0.2, -0.15) is 0 Å². The van der Waals surface area contributed by atoms with Gasteiger partial charge in [0.2, 0.25) is 0 Å². The van der Waals surface area contributed by atoms with E-state index >= 15 is 0 Å². The first kappa shape index (κ1) is 11.8. The minimum absolute atomic E-state index is 0.945. The molecule has 0 atom stereocenters. The summed E-state index contributed by atoms with van der Waals surface area (Å²) in [5.41, 5.74) is 4.01. The summed E-state index contributed by atoms with van der Waals surface area (Å²) in [6.07, 6.45) is 4.66. The van der Waals surface area contributed by atoms with Crippen molar-refractivity contribution < 1.29 is 0 Å². The number of pyridine rings is 1. The standard InChI is InChI=1S/C15H18N2/c1-2-16-12-15-5-3-4-14(11-15)10-13-6-8-17-9-7-13/h3-9,11,16H,2,10,12H2,1H3. The van der Waals surface area contributed by atoms with Crippen LogP contribution in [0, 0.1) is 0 Å². The highest BCUT2D eigenvalue weighted by molar-refractivity contribution is 5.28. The Balaban J connectivity index is 2.06. The number of rotatable bonds is 5. The summed E-state index contributed by atoms with van der Waals surface area (Å²) in [6, 6.07) is 12.9. The van der Waals surface area contributed by atoms with Gasteiger partial charge in [0.15, 0.2) is 0 Å². The van der Waals surface area contributed by atoms with Crippen LogP contribution in [0.15, 0.2) is 48.8 Å². The molecule has 0 spiro atoms. The van der Waals surface area contributed by atoms with Gasteiger partial charge in [0.1, 0.15) is 0 Å². The fraction of sp³-hybridized carbons (Fsp3) is 0.267. The second kappa shape index (κ2) is 6.16. The summed E-state index contributed by atoms with van der Waals surface area (Å²) in [7, 11) is 0. The van der Waals surface area contributed by atoms with Gasteiger partial charge >= 0.3 is 0 Å². The van der Waals surface area contributed by atoms with Crippen LogP contribution in [0.25, 0.3) is 0 Å². The number of hydrogen-bond donors (Lipinski definition) is 1. The van der Waals surface area contributed by atoms with Crippen molar-refractivity contribution >= 4 is 0 Å². The van der Waals surface area contributed by atoms with Crippen LogP contribution in [-0.2, 0) is 13.0 Å². The molecule has 1 aromatic heterocycles. The van der Waals surface area contributed by atoms with Crippen molar-refractivity contribution in [1.82, 2.24) is 10.3 Å². The largest absolute Gasteiger partial charge is 0.313 e. The third-order valence-corrected chi connectivity index (χ3v) is 2.73. The van der Waals surface area contributed by atoms with E-state index in [0.717, 1.165) is 19.5 Å². The topological polar surface area (TPSA) is 24.9 Å². The van der Waals surface area contributed by atoms with Gasteiger partial charge in [-0.3, -0.25) is 4.98 Å². The van der Waals surface area contributed by atoms with Crippen molar-refractivity contribution in [2.24, 2.45) is 0 Å². The van der Waals surface area contributed by atoms with Gasteiger partial charge in [0, 0.05) is 18.9 Å². The lowest BCUT2D eigenvalue weighted by Crippen LogP contribution is -2.11. The third-order valence-electron chi connectivity index (χ3n) is 2.73. The molecule has 0 aliphatic heterocycles. The van der Waals surface area contributed by atoms with Gasteiger partial charge in [-0.1, -0.05) is 31.2 Å². The van der Waals surface area contributed by atoms with Crippen LogP contribution in [-0.4, -0.2) is 11.5 Å². The molecule has 0 saturated carbocycles. The third kappa shape index (κ3) is 3.68. The minimum Gasteiger partial charge on any atom is -0.313 e. The average Bonchev–Trinajstić information content (AvgIpc) is 2.38. The lowest BCUT2D eigenvalue weighted by atomic mass is 10.0. The van der Waals surface area contributed by atoms with E-state index in [1.807, 2.05) is 12.4 Å². The Kier molecular flexibility index (Phi) is 4.28. The van der Waals surface area contributed by atoms with Crippen LogP contribution in [0.1, 0.15) is 23.6 Å². The number of aromatic nitrogens is 1. The SMILES string of the molecule is CCNCc1cccc(Cc2ccncc2)c1. The molecule has 0 unspecified atom stereocenters. The lowest BCUT2D eigenvalue weighted by Gasteiger charge is -2.06. The normalized spacial score (nSPS) is 10.4. The van der Waals surface area contributed by atoms with Crippen LogP contribution in [0.3, 0.4) is 0 Å². The molecule has 2 rings (SSSR count). The predicted molar refractivity (Wildman–Crippen MR) is 70.9 cm³/mol. The minimum atomic E-state index is 0.945. The number of benzene rings is 1. The molecular formula is C15H18N2. The first-order valence-corrected chi connectivity index (χ1v) is 6.06. The van der Waals surface area contributed by atoms with Crippen molar-refractivity contribution in [2.75, 3.05) is 6.54 Å². The van der Waals surface area contributed by atoms with Crippen LogP contribution >= 0.6 is 0 Å². The molecule has 1 aromatic carbocycles. The highest BCUT2D eigenvalue weighted by Gasteiger charge is 1.97. The van der Waals surface area contributed by atoms with Crippen molar-refractivity contribution in [2.45, 2.75) is 19.9 Å². The van der Waals surface area contributed by atoms with Gasteiger partial charge in [-0.15, -0.1) is 0 Å². The molecule has 0 amide bonds. The molecular weight excluding hydrogens is 208 g/mol. The summed E-state index contributed by atoms with van der Waals surface area (Å²) in [5, 5.41) is 3.35. The molecule has 2 heteroatoms. The van der Waals surface area contributed by atoms with Crippen molar-refractivity contribution in [3.05, 3.63) is 65.5 Å². The van der Waals surface area contributed by atoms with E-state index in [-0.39, 0.29) is 0 Å². The Hall–Kier alpha value is -1.67. The summed E-state index contributed by atoms with van der Waals surface area (Å²) in [4.78, 5) is 4.04. The van der Waals surface area contributed by atoms with E-state index in [1.54, 1.807) is 0 Å². The van der Waals surface area contributed by atoms with Crippen LogP contribution in [0.2, 0.25) is 0 Å². The fourth-order valence-corrected chi connectivity index (χ4v) is 1.86. The first-order chi connectivity index (χ1) is 8.38. The Labute approximate surface area is 103 Å². The van der Waals surface area contributed by atoms with Crippen LogP contribution < -0.4 is 5.32 Å². The molecule has 0 fully saturated rings. The Morgan fingerprint density at radius 3 is 2.53 bits per heavy atom. The zero-order valence-corrected chi connectivity index (χ0v) is 10.2. The molecule has 0 radical (unpaired) electrons. The summed E-state index contributed by atoms with van der Waals surface area (Å²) in [5.74, 6) is 0. The van der Waals surface area contributed by atoms with Gasteiger partial charge in [-0.25, -0.2) is 0 Å². The van der Waals surface area contributed by atoms with E-state index in [2.05, 4.69) is 53.6 Å². The zero-order chi connectivity index (χ0) is 11.9. The maximum absolute atomic E-state index is 4.04. The van der Waals surface area contributed by atoms with Gasteiger partial charge in [0.25, 0.3) is 0 Å². The highest BCUT2D eigenvalue weighted by Crippen LogP contribution is 2.10. The molecule has 88 valence electrons. The van der Waals surface area contributed by atoms with Gasteiger partial charge in [-0.05, 0) is 41.8 Å². The van der Waals surface area contributed by atoms with E-state index in [4.69, 9.17) is 0 Å². The maximum atomic E-state index is 4.04. The smallest absolute Gasteiger partial charge is 0.0270 e. The fourth-order valence-electron chi connectivity index (χ4n) is 1.86. The second-order valence-corrected chi connectivity index (χ2v) is 4.13. The first-order valence-electron chi connectivity index (χ1n) is 6.06. The summed E-state index contributed by atoms with van der Waals surface area (Å²) >= 11 is 0. The number of nitrogens with zero attached hydrogens (tertiary/aromatic N) is 1. The molecule has 0 aliphatic carbocycles. The van der Waals surface area contributed by atoms with E-state index in [0.29, 0.717) is 0 Å².